The SMILES string of the molecule is CC(CCc1nnnn1C1CCCCN1Cc1ccccc1)Oc1ccc2nc3[nH]c(=O)[nH]c3cc2c1. The average molecular weight is 499 g/mol. The van der Waals surface area contributed by atoms with Gasteiger partial charge in [-0.3, -0.25) is 9.88 Å². The molecule has 10 heteroatoms. The van der Waals surface area contributed by atoms with Gasteiger partial charge in [-0.15, -0.1) is 5.10 Å². The van der Waals surface area contributed by atoms with Crippen LogP contribution in [0.4, 0.5) is 0 Å². The van der Waals surface area contributed by atoms with Crippen LogP contribution in [-0.4, -0.2) is 52.7 Å². The average Bonchev–Trinajstić information content (AvgIpc) is 3.52. The Balaban J connectivity index is 1.12. The summed E-state index contributed by atoms with van der Waals surface area (Å²) in [6, 6.07) is 18.3. The number of pyridine rings is 1. The molecule has 2 N–H and O–H groups in total. The van der Waals surface area contributed by atoms with Crippen molar-refractivity contribution in [1.29, 1.82) is 0 Å². The molecule has 1 fully saturated rings. The molecule has 4 heterocycles. The van der Waals surface area contributed by atoms with Gasteiger partial charge in [-0.1, -0.05) is 30.3 Å². The molecule has 0 radical (unpaired) electrons. The van der Waals surface area contributed by atoms with Crippen molar-refractivity contribution < 1.29 is 4.74 Å². The van der Waals surface area contributed by atoms with E-state index in [0.717, 1.165) is 54.8 Å². The Hall–Kier alpha value is -4.05. The van der Waals surface area contributed by atoms with Crippen LogP contribution in [0.1, 0.15) is 50.2 Å². The second-order valence-corrected chi connectivity index (χ2v) is 9.76. The molecule has 2 atom stereocenters. The number of likely N-dealkylation sites (tertiary alicyclic amines) is 1. The first-order valence-corrected chi connectivity index (χ1v) is 12.9. The molecule has 0 saturated carbocycles. The van der Waals surface area contributed by atoms with Gasteiger partial charge in [0.2, 0.25) is 0 Å². The number of nitrogens with zero attached hydrogens (tertiary/aromatic N) is 6. The highest BCUT2D eigenvalue weighted by Gasteiger charge is 2.27. The summed E-state index contributed by atoms with van der Waals surface area (Å²) in [4.78, 5) is 24.0. The quantitative estimate of drug-likeness (QED) is 0.332. The van der Waals surface area contributed by atoms with Crippen LogP contribution >= 0.6 is 0 Å². The van der Waals surface area contributed by atoms with Gasteiger partial charge in [0, 0.05) is 24.9 Å². The predicted molar refractivity (Wildman–Crippen MR) is 140 cm³/mol. The number of hydrogen-bond donors (Lipinski definition) is 2. The monoisotopic (exact) mass is 498 g/mol. The van der Waals surface area contributed by atoms with Gasteiger partial charge in [-0.05, 0) is 72.9 Å². The fourth-order valence-corrected chi connectivity index (χ4v) is 5.16. The molecule has 0 aliphatic carbocycles. The molecule has 0 spiro atoms. The minimum absolute atomic E-state index is 0.0295. The highest BCUT2D eigenvalue weighted by molar-refractivity contribution is 5.89. The Morgan fingerprint density at radius 1 is 1.11 bits per heavy atom. The van der Waals surface area contributed by atoms with Gasteiger partial charge in [0.1, 0.15) is 11.9 Å². The number of rotatable bonds is 8. The molecule has 1 aliphatic rings. The number of aromatic amines is 2. The lowest BCUT2D eigenvalue weighted by molar-refractivity contribution is 0.0731. The molecule has 6 rings (SSSR count). The Bertz CT molecular complexity index is 1560. The van der Waals surface area contributed by atoms with Crippen molar-refractivity contribution in [2.24, 2.45) is 0 Å². The van der Waals surface area contributed by atoms with Crippen LogP contribution < -0.4 is 10.4 Å². The van der Waals surface area contributed by atoms with Gasteiger partial charge in [-0.2, -0.15) is 0 Å². The predicted octanol–water partition coefficient (Wildman–Crippen LogP) is 3.98. The summed E-state index contributed by atoms with van der Waals surface area (Å²) in [5, 5.41) is 13.7. The number of aromatic nitrogens is 7. The van der Waals surface area contributed by atoms with E-state index in [-0.39, 0.29) is 18.0 Å². The third-order valence-electron chi connectivity index (χ3n) is 7.03. The second-order valence-electron chi connectivity index (χ2n) is 9.76. The van der Waals surface area contributed by atoms with Crippen molar-refractivity contribution in [2.75, 3.05) is 6.54 Å². The maximum atomic E-state index is 11.6. The van der Waals surface area contributed by atoms with Crippen LogP contribution in [0.3, 0.4) is 0 Å². The van der Waals surface area contributed by atoms with Gasteiger partial charge in [0.25, 0.3) is 0 Å². The zero-order valence-corrected chi connectivity index (χ0v) is 20.8. The summed E-state index contributed by atoms with van der Waals surface area (Å²) in [5.41, 5.74) is 3.08. The van der Waals surface area contributed by atoms with Crippen LogP contribution in [0.15, 0.2) is 59.4 Å². The molecule has 5 aromatic rings. The van der Waals surface area contributed by atoms with E-state index in [1.165, 1.54) is 18.4 Å². The summed E-state index contributed by atoms with van der Waals surface area (Å²) in [7, 11) is 0. The van der Waals surface area contributed by atoms with Gasteiger partial charge >= 0.3 is 5.69 Å². The number of hydrogen-bond acceptors (Lipinski definition) is 7. The molecule has 37 heavy (non-hydrogen) atoms. The largest absolute Gasteiger partial charge is 0.491 e. The standard InChI is InChI=1S/C27H30N8O2/c1-18(37-21-11-12-22-20(15-21)16-23-26(28-22)30-27(36)29-23)10-13-24-31-32-33-35(24)25-9-5-6-14-34(25)17-19-7-3-2-4-8-19/h2-4,7-8,11-12,15-16,18,25H,5-6,9-10,13-14,17H2,1H3,(H2,28,29,30,36). The number of ether oxygens (including phenoxy) is 1. The van der Waals surface area contributed by atoms with E-state index in [0.29, 0.717) is 11.2 Å². The first kappa shape index (κ1) is 23.4. The highest BCUT2D eigenvalue weighted by atomic mass is 16.5. The van der Waals surface area contributed by atoms with E-state index in [1.807, 2.05) is 28.9 Å². The number of imidazole rings is 1. The van der Waals surface area contributed by atoms with Crippen LogP contribution in [0.2, 0.25) is 0 Å². The number of nitrogens with one attached hydrogen (secondary N) is 2. The molecule has 1 aliphatic heterocycles. The Kier molecular flexibility index (Phi) is 6.40. The molecule has 2 aromatic carbocycles. The molecular formula is C27H30N8O2. The summed E-state index contributed by atoms with van der Waals surface area (Å²) in [6.45, 7) is 3.99. The Labute approximate surface area is 213 Å². The molecule has 3 aromatic heterocycles. The normalized spacial score (nSPS) is 17.4. The number of fused-ring (bicyclic) bond motifs is 2. The molecule has 0 amide bonds. The van der Waals surface area contributed by atoms with Crippen molar-refractivity contribution in [3.63, 3.8) is 0 Å². The molecule has 190 valence electrons. The van der Waals surface area contributed by atoms with Crippen molar-refractivity contribution in [3.8, 4) is 5.75 Å². The third-order valence-corrected chi connectivity index (χ3v) is 7.03. The summed E-state index contributed by atoms with van der Waals surface area (Å²) >= 11 is 0. The van der Waals surface area contributed by atoms with Crippen LogP contribution in [0, 0.1) is 0 Å². The number of H-pyrrole nitrogens is 2. The first-order valence-electron chi connectivity index (χ1n) is 12.9. The smallest absolute Gasteiger partial charge is 0.325 e. The minimum Gasteiger partial charge on any atom is -0.491 e. The topological polar surface area (TPSA) is 118 Å². The maximum Gasteiger partial charge on any atom is 0.325 e. The lowest BCUT2D eigenvalue weighted by Gasteiger charge is -2.35. The summed E-state index contributed by atoms with van der Waals surface area (Å²) in [5.74, 6) is 1.65. The van der Waals surface area contributed by atoms with Crippen molar-refractivity contribution in [3.05, 3.63) is 76.5 Å². The fourth-order valence-electron chi connectivity index (χ4n) is 5.16. The Morgan fingerprint density at radius 3 is 2.89 bits per heavy atom. The van der Waals surface area contributed by atoms with Crippen LogP contribution in [0.5, 0.6) is 5.75 Å². The van der Waals surface area contributed by atoms with Crippen molar-refractivity contribution in [2.45, 2.75) is 57.8 Å². The summed E-state index contributed by atoms with van der Waals surface area (Å²) < 4.78 is 8.24. The lowest BCUT2D eigenvalue weighted by atomic mass is 10.1. The molecular weight excluding hydrogens is 468 g/mol. The van der Waals surface area contributed by atoms with E-state index >= 15 is 0 Å². The molecule has 10 nitrogen and oxygen atoms in total. The van der Waals surface area contributed by atoms with Crippen molar-refractivity contribution >= 4 is 22.1 Å². The highest BCUT2D eigenvalue weighted by Crippen LogP contribution is 2.28. The van der Waals surface area contributed by atoms with E-state index in [9.17, 15) is 4.79 Å². The van der Waals surface area contributed by atoms with Crippen LogP contribution in [0.25, 0.3) is 22.1 Å². The fraction of sp³-hybridized carbons (Fsp3) is 0.370. The van der Waals surface area contributed by atoms with Gasteiger partial charge in [0.15, 0.2) is 11.5 Å². The maximum absolute atomic E-state index is 11.6. The first-order chi connectivity index (χ1) is 18.1. The zero-order valence-electron chi connectivity index (χ0n) is 20.8. The van der Waals surface area contributed by atoms with Crippen molar-refractivity contribution in [1.82, 2.24) is 40.1 Å². The number of benzene rings is 2. The molecule has 2 unspecified atom stereocenters. The third kappa shape index (κ3) is 5.10. The van der Waals surface area contributed by atoms with Gasteiger partial charge in [-0.25, -0.2) is 14.5 Å². The number of aryl methyl sites for hydroxylation is 1. The zero-order chi connectivity index (χ0) is 25.2. The van der Waals surface area contributed by atoms with Crippen LogP contribution in [-0.2, 0) is 13.0 Å². The lowest BCUT2D eigenvalue weighted by Crippen LogP contribution is -2.37. The van der Waals surface area contributed by atoms with E-state index in [4.69, 9.17) is 4.74 Å². The van der Waals surface area contributed by atoms with Gasteiger partial charge in [0.05, 0.1) is 17.1 Å². The van der Waals surface area contributed by atoms with Gasteiger partial charge < -0.3 is 9.72 Å². The summed E-state index contributed by atoms with van der Waals surface area (Å²) in [6.07, 6.45) is 5.06. The van der Waals surface area contributed by atoms with E-state index < -0.39 is 0 Å². The second kappa shape index (κ2) is 10.1. The molecule has 1 saturated heterocycles. The minimum atomic E-state index is -0.262. The number of piperidine rings is 1. The van der Waals surface area contributed by atoms with E-state index in [1.54, 1.807) is 0 Å². The molecule has 0 bridgehead atoms. The number of tetrazole rings is 1. The van der Waals surface area contributed by atoms with E-state index in [2.05, 4.69) is 72.6 Å². The Morgan fingerprint density at radius 2 is 2.00 bits per heavy atom.